The number of hydrogen-bond donors (Lipinski definition) is 4. The molecule has 0 radical (unpaired) electrons. The highest BCUT2D eigenvalue weighted by Gasteiger charge is 2.26. The Morgan fingerprint density at radius 1 is 1.42 bits per heavy atom. The minimum atomic E-state index is -3.26. The summed E-state index contributed by atoms with van der Waals surface area (Å²) in [5, 5.41) is 21.8. The zero-order chi connectivity index (χ0) is 14.5. The highest BCUT2D eigenvalue weighted by atomic mass is 19.3. The zero-order valence-electron chi connectivity index (χ0n) is 9.91. The largest absolute Gasteiger partial charge is 0.409 e. The fourth-order valence-electron chi connectivity index (χ4n) is 1.40. The third-order valence-corrected chi connectivity index (χ3v) is 2.39. The number of alkyl halides is 2. The fraction of sp³-hybridized carbons (Fsp3) is 0.364. The van der Waals surface area contributed by atoms with Crippen molar-refractivity contribution >= 4 is 5.84 Å². The van der Waals surface area contributed by atoms with Crippen LogP contribution in [-0.2, 0) is 6.54 Å². The van der Waals surface area contributed by atoms with E-state index in [2.05, 4.69) is 10.5 Å². The molecule has 0 saturated heterocycles. The van der Waals surface area contributed by atoms with Crippen LogP contribution in [0.4, 0.5) is 13.2 Å². The third kappa shape index (κ3) is 4.11. The first-order valence-corrected chi connectivity index (χ1v) is 5.36. The average Bonchev–Trinajstić information content (AvgIpc) is 2.40. The van der Waals surface area contributed by atoms with Crippen LogP contribution >= 0.6 is 0 Å². The molecule has 0 heterocycles. The van der Waals surface area contributed by atoms with E-state index >= 15 is 0 Å². The van der Waals surface area contributed by atoms with Gasteiger partial charge in [-0.3, -0.25) is 0 Å². The molecular weight excluding hydrogens is 263 g/mol. The van der Waals surface area contributed by atoms with Crippen LogP contribution in [0.1, 0.15) is 11.1 Å². The molecule has 106 valence electrons. The third-order valence-electron chi connectivity index (χ3n) is 2.39. The molecule has 0 aliphatic carbocycles. The lowest BCUT2D eigenvalue weighted by atomic mass is 10.1. The van der Waals surface area contributed by atoms with Gasteiger partial charge in [0.2, 0.25) is 0 Å². The number of nitrogens with zero attached hydrogens (tertiary/aromatic N) is 1. The minimum absolute atomic E-state index is 0.0952. The molecule has 8 heteroatoms. The Morgan fingerprint density at radius 3 is 2.68 bits per heavy atom. The molecule has 1 rings (SSSR count). The number of hydrogen-bond acceptors (Lipinski definition) is 4. The molecule has 19 heavy (non-hydrogen) atoms. The topological polar surface area (TPSA) is 90.9 Å². The SMILES string of the molecule is N/C(=N/O)c1cccc(CNCC(F)(F)CO)c1F. The van der Waals surface area contributed by atoms with Gasteiger partial charge in [0.1, 0.15) is 12.4 Å². The Bertz CT molecular complexity index is 466. The molecule has 0 aromatic heterocycles. The first kappa shape index (κ1) is 15.3. The molecule has 0 aliphatic rings. The lowest BCUT2D eigenvalue weighted by Crippen LogP contribution is -2.35. The average molecular weight is 277 g/mol. The summed E-state index contributed by atoms with van der Waals surface area (Å²) < 4.78 is 39.3. The number of nitrogens with one attached hydrogen (secondary N) is 1. The number of nitrogens with two attached hydrogens (primary N) is 1. The summed E-state index contributed by atoms with van der Waals surface area (Å²) in [7, 11) is 0. The summed E-state index contributed by atoms with van der Waals surface area (Å²) in [6, 6.07) is 4.14. The number of rotatable bonds is 6. The van der Waals surface area contributed by atoms with Crippen LogP contribution in [0.3, 0.4) is 0 Å². The van der Waals surface area contributed by atoms with Gasteiger partial charge in [0.05, 0.1) is 12.1 Å². The molecule has 0 unspecified atom stereocenters. The Balaban J connectivity index is 2.75. The number of aliphatic hydroxyl groups is 1. The molecule has 0 fully saturated rings. The van der Waals surface area contributed by atoms with Gasteiger partial charge in [0.15, 0.2) is 5.84 Å². The van der Waals surface area contributed by atoms with Crippen LogP contribution in [0.2, 0.25) is 0 Å². The highest BCUT2D eigenvalue weighted by molar-refractivity contribution is 5.97. The van der Waals surface area contributed by atoms with E-state index in [0.29, 0.717) is 0 Å². The van der Waals surface area contributed by atoms with Crippen LogP contribution in [0.15, 0.2) is 23.4 Å². The first-order valence-electron chi connectivity index (χ1n) is 5.36. The number of oxime groups is 1. The standard InChI is InChI=1S/C11H14F3N3O2/c12-9-7(4-16-5-11(13,14)6-18)2-1-3-8(9)10(15)17-19/h1-3,16,18-19H,4-6H2,(H2,15,17). The van der Waals surface area contributed by atoms with Gasteiger partial charge in [0, 0.05) is 12.1 Å². The lowest BCUT2D eigenvalue weighted by molar-refractivity contribution is -0.0478. The van der Waals surface area contributed by atoms with E-state index in [1.165, 1.54) is 18.2 Å². The van der Waals surface area contributed by atoms with Crippen molar-refractivity contribution in [2.45, 2.75) is 12.5 Å². The number of benzene rings is 1. The normalized spacial score (nSPS) is 12.7. The Kier molecular flexibility index (Phi) is 5.13. The van der Waals surface area contributed by atoms with Crippen molar-refractivity contribution in [2.75, 3.05) is 13.2 Å². The van der Waals surface area contributed by atoms with Crippen molar-refractivity contribution in [3.63, 3.8) is 0 Å². The van der Waals surface area contributed by atoms with E-state index < -0.39 is 30.7 Å². The van der Waals surface area contributed by atoms with Crippen molar-refractivity contribution in [1.29, 1.82) is 0 Å². The molecule has 0 amide bonds. The van der Waals surface area contributed by atoms with Gasteiger partial charge in [-0.15, -0.1) is 0 Å². The van der Waals surface area contributed by atoms with Gasteiger partial charge in [0.25, 0.3) is 5.92 Å². The molecule has 0 spiro atoms. The van der Waals surface area contributed by atoms with Crippen LogP contribution < -0.4 is 11.1 Å². The van der Waals surface area contributed by atoms with Crippen LogP contribution in [-0.4, -0.2) is 35.2 Å². The van der Waals surface area contributed by atoms with E-state index in [4.69, 9.17) is 16.0 Å². The Morgan fingerprint density at radius 2 is 2.11 bits per heavy atom. The molecule has 1 aromatic rings. The van der Waals surface area contributed by atoms with Crippen molar-refractivity contribution in [2.24, 2.45) is 10.9 Å². The van der Waals surface area contributed by atoms with E-state index in [1.807, 2.05) is 0 Å². The van der Waals surface area contributed by atoms with Gasteiger partial charge < -0.3 is 21.4 Å². The van der Waals surface area contributed by atoms with Crippen molar-refractivity contribution in [3.05, 3.63) is 35.1 Å². The second-order valence-electron chi connectivity index (χ2n) is 3.88. The summed E-state index contributed by atoms with van der Waals surface area (Å²) in [5.41, 5.74) is 5.25. The molecule has 0 aliphatic heterocycles. The highest BCUT2D eigenvalue weighted by Crippen LogP contribution is 2.14. The van der Waals surface area contributed by atoms with Crippen LogP contribution in [0.25, 0.3) is 0 Å². The maximum absolute atomic E-state index is 13.9. The van der Waals surface area contributed by atoms with E-state index in [0.717, 1.165) is 0 Å². The van der Waals surface area contributed by atoms with Crippen LogP contribution in [0.5, 0.6) is 0 Å². The predicted molar refractivity (Wildman–Crippen MR) is 62.7 cm³/mol. The van der Waals surface area contributed by atoms with E-state index in [9.17, 15) is 13.2 Å². The maximum Gasteiger partial charge on any atom is 0.282 e. The number of halogens is 3. The number of amidine groups is 1. The second kappa shape index (κ2) is 6.39. The summed E-state index contributed by atoms with van der Waals surface area (Å²) in [6.07, 6.45) is 0. The fourth-order valence-corrected chi connectivity index (χ4v) is 1.40. The van der Waals surface area contributed by atoms with E-state index in [1.54, 1.807) is 0 Å². The van der Waals surface area contributed by atoms with Crippen molar-refractivity contribution < 1.29 is 23.5 Å². The molecule has 5 N–H and O–H groups in total. The summed E-state index contributed by atoms with van der Waals surface area (Å²) in [4.78, 5) is 0. The van der Waals surface area contributed by atoms with Crippen molar-refractivity contribution in [1.82, 2.24) is 5.32 Å². The van der Waals surface area contributed by atoms with Gasteiger partial charge in [-0.25, -0.2) is 13.2 Å². The van der Waals surface area contributed by atoms with Gasteiger partial charge in [-0.2, -0.15) is 0 Å². The minimum Gasteiger partial charge on any atom is -0.409 e. The van der Waals surface area contributed by atoms with Crippen LogP contribution in [0, 0.1) is 5.82 Å². The summed E-state index contributed by atoms with van der Waals surface area (Å²) in [6.45, 7) is -2.24. The first-order chi connectivity index (χ1) is 8.91. The molecule has 5 nitrogen and oxygen atoms in total. The smallest absolute Gasteiger partial charge is 0.282 e. The van der Waals surface area contributed by atoms with Crippen molar-refractivity contribution in [3.8, 4) is 0 Å². The summed E-state index contributed by atoms with van der Waals surface area (Å²) in [5.74, 6) is -4.42. The molecule has 0 atom stereocenters. The Labute approximate surface area is 107 Å². The monoisotopic (exact) mass is 277 g/mol. The molecule has 0 bridgehead atoms. The predicted octanol–water partition coefficient (Wildman–Crippen LogP) is 0.637. The zero-order valence-corrected chi connectivity index (χ0v) is 9.91. The second-order valence-corrected chi connectivity index (χ2v) is 3.88. The Hall–Kier alpha value is -1.80. The molecule has 0 saturated carbocycles. The summed E-state index contributed by atoms with van der Waals surface area (Å²) >= 11 is 0. The van der Waals surface area contributed by atoms with E-state index in [-0.39, 0.29) is 17.7 Å². The van der Waals surface area contributed by atoms with Gasteiger partial charge in [-0.1, -0.05) is 17.3 Å². The lowest BCUT2D eigenvalue weighted by Gasteiger charge is -2.14. The number of aliphatic hydroxyl groups excluding tert-OH is 1. The van der Waals surface area contributed by atoms with Gasteiger partial charge in [-0.05, 0) is 6.07 Å². The quantitative estimate of drug-likeness (QED) is 0.266. The molecule has 1 aromatic carbocycles. The maximum atomic E-state index is 13.9. The molecular formula is C11H14F3N3O2. The van der Waals surface area contributed by atoms with Gasteiger partial charge >= 0.3 is 0 Å².